The minimum absolute atomic E-state index is 0.150. The van der Waals surface area contributed by atoms with Gasteiger partial charge in [0.15, 0.2) is 11.6 Å². The van der Waals surface area contributed by atoms with Crippen LogP contribution in [-0.4, -0.2) is 60.5 Å². The molecule has 3 N–H and O–H groups in total. The van der Waals surface area contributed by atoms with Gasteiger partial charge in [0.2, 0.25) is 0 Å². The van der Waals surface area contributed by atoms with Crippen molar-refractivity contribution >= 4 is 29.2 Å². The first kappa shape index (κ1) is 24.9. The zero-order valence-electron chi connectivity index (χ0n) is 17.8. The second-order valence-electron chi connectivity index (χ2n) is 7.48. The number of ether oxygens (including phenoxy) is 1. The van der Waals surface area contributed by atoms with Crippen molar-refractivity contribution in [3.8, 4) is 0 Å². The highest BCUT2D eigenvalue weighted by Crippen LogP contribution is 2.31. The summed E-state index contributed by atoms with van der Waals surface area (Å²) in [6, 6.07) is 11.8. The summed E-state index contributed by atoms with van der Waals surface area (Å²) in [5.41, 5.74) is 2.21. The van der Waals surface area contributed by atoms with Gasteiger partial charge in [-0.05, 0) is 25.5 Å². The molecule has 1 aliphatic heterocycles. The summed E-state index contributed by atoms with van der Waals surface area (Å²) in [7, 11) is 0. The van der Waals surface area contributed by atoms with Crippen LogP contribution >= 0.6 is 0 Å². The summed E-state index contributed by atoms with van der Waals surface area (Å²) >= 11 is 0. The molecule has 4 rings (SSSR count). The van der Waals surface area contributed by atoms with E-state index in [1.807, 2.05) is 0 Å². The standard InChI is InChI=1S/C21H20N2O4.C2HF3O2/c24-19-13-5-1-2-6-14(13)20(25)18-15(19)7-3-8-16(18)23-11-12-27-21(26)17-9-4-10-22-17;3-2(4,5)1(6)7/h1-3,5-8,17,22-23H,4,9-12H2;(H,6,7)/t17-;/m0./s1. The first-order chi connectivity index (χ1) is 16.1. The molecule has 0 amide bonds. The predicted molar refractivity (Wildman–Crippen MR) is 114 cm³/mol. The van der Waals surface area contributed by atoms with Gasteiger partial charge in [0, 0.05) is 28.9 Å². The number of anilines is 1. The van der Waals surface area contributed by atoms with E-state index in [4.69, 9.17) is 14.6 Å². The number of nitrogens with one attached hydrogen (secondary N) is 2. The van der Waals surface area contributed by atoms with Crippen molar-refractivity contribution in [2.75, 3.05) is 25.0 Å². The second kappa shape index (κ2) is 10.5. The minimum atomic E-state index is -5.08. The molecular weight excluding hydrogens is 457 g/mol. The van der Waals surface area contributed by atoms with Crippen LogP contribution in [-0.2, 0) is 14.3 Å². The number of esters is 1. The number of carbonyl (C=O) groups excluding carboxylic acids is 3. The van der Waals surface area contributed by atoms with Gasteiger partial charge < -0.3 is 20.5 Å². The lowest BCUT2D eigenvalue weighted by Crippen LogP contribution is -2.33. The van der Waals surface area contributed by atoms with Crippen molar-refractivity contribution < 1.29 is 42.2 Å². The first-order valence-electron chi connectivity index (χ1n) is 10.4. The number of fused-ring (bicyclic) bond motifs is 2. The van der Waals surface area contributed by atoms with Crippen molar-refractivity contribution in [3.05, 3.63) is 64.7 Å². The quantitative estimate of drug-likeness (QED) is 0.378. The van der Waals surface area contributed by atoms with Crippen LogP contribution in [0.1, 0.15) is 44.7 Å². The molecule has 1 heterocycles. The third-order valence-corrected chi connectivity index (χ3v) is 5.20. The zero-order valence-corrected chi connectivity index (χ0v) is 17.8. The van der Waals surface area contributed by atoms with Crippen molar-refractivity contribution in [2.24, 2.45) is 0 Å². The Morgan fingerprint density at radius 1 is 1.03 bits per heavy atom. The summed E-state index contributed by atoms with van der Waals surface area (Å²) in [5.74, 6) is -3.32. The fourth-order valence-corrected chi connectivity index (χ4v) is 3.62. The van der Waals surface area contributed by atoms with E-state index >= 15 is 0 Å². The molecule has 34 heavy (non-hydrogen) atoms. The molecule has 11 heteroatoms. The lowest BCUT2D eigenvalue weighted by atomic mass is 9.83. The minimum Gasteiger partial charge on any atom is -0.475 e. The number of alkyl halides is 3. The molecule has 2 aliphatic rings. The second-order valence-corrected chi connectivity index (χ2v) is 7.48. The Hall–Kier alpha value is -3.73. The Labute approximate surface area is 192 Å². The molecule has 180 valence electrons. The number of hydrogen-bond acceptors (Lipinski definition) is 7. The summed E-state index contributed by atoms with van der Waals surface area (Å²) < 4.78 is 37.0. The normalized spacial score (nSPS) is 16.6. The SMILES string of the molecule is O=C(O)C(F)(F)F.O=C1c2ccccc2C(=O)c2c(NCCOC(=O)[C@@H]3CCCN3)cccc21. The Kier molecular flexibility index (Phi) is 7.67. The molecule has 8 nitrogen and oxygen atoms in total. The van der Waals surface area contributed by atoms with Crippen molar-refractivity contribution in [1.82, 2.24) is 5.32 Å². The molecule has 2 aromatic carbocycles. The molecule has 0 aromatic heterocycles. The molecule has 0 unspecified atom stereocenters. The van der Waals surface area contributed by atoms with Gasteiger partial charge >= 0.3 is 18.1 Å². The summed E-state index contributed by atoms with van der Waals surface area (Å²) in [6.07, 6.45) is -3.31. The predicted octanol–water partition coefficient (Wildman–Crippen LogP) is 2.80. The largest absolute Gasteiger partial charge is 0.490 e. The maximum atomic E-state index is 12.9. The van der Waals surface area contributed by atoms with Gasteiger partial charge in [-0.3, -0.25) is 14.4 Å². The first-order valence-corrected chi connectivity index (χ1v) is 10.4. The molecular formula is C23H21F3N2O6. The Bertz CT molecular complexity index is 1110. The Balaban J connectivity index is 0.000000406. The van der Waals surface area contributed by atoms with Gasteiger partial charge in [0.1, 0.15) is 12.6 Å². The van der Waals surface area contributed by atoms with Gasteiger partial charge in [0.25, 0.3) is 0 Å². The van der Waals surface area contributed by atoms with Crippen LogP contribution in [0.4, 0.5) is 18.9 Å². The van der Waals surface area contributed by atoms with E-state index < -0.39 is 12.1 Å². The van der Waals surface area contributed by atoms with Crippen molar-refractivity contribution in [3.63, 3.8) is 0 Å². The molecule has 0 spiro atoms. The molecule has 0 saturated carbocycles. The number of carboxylic acid groups (broad SMARTS) is 1. The van der Waals surface area contributed by atoms with Crippen LogP contribution in [0.5, 0.6) is 0 Å². The van der Waals surface area contributed by atoms with Gasteiger partial charge in [-0.2, -0.15) is 13.2 Å². The van der Waals surface area contributed by atoms with Crippen molar-refractivity contribution in [1.29, 1.82) is 0 Å². The van der Waals surface area contributed by atoms with Crippen molar-refractivity contribution in [2.45, 2.75) is 25.1 Å². The number of aliphatic carboxylic acids is 1. The van der Waals surface area contributed by atoms with E-state index in [2.05, 4.69) is 10.6 Å². The summed E-state index contributed by atoms with van der Waals surface area (Å²) in [6.45, 7) is 1.39. The summed E-state index contributed by atoms with van der Waals surface area (Å²) in [4.78, 5) is 46.4. The molecule has 1 aliphatic carbocycles. The number of rotatable bonds is 5. The third-order valence-electron chi connectivity index (χ3n) is 5.20. The Morgan fingerprint density at radius 2 is 1.65 bits per heavy atom. The summed E-state index contributed by atoms with van der Waals surface area (Å²) in [5, 5.41) is 13.4. The topological polar surface area (TPSA) is 122 Å². The number of ketones is 2. The maximum Gasteiger partial charge on any atom is 0.490 e. The lowest BCUT2D eigenvalue weighted by molar-refractivity contribution is -0.192. The lowest BCUT2D eigenvalue weighted by Gasteiger charge is -2.20. The van der Waals surface area contributed by atoms with E-state index in [9.17, 15) is 27.6 Å². The van der Waals surface area contributed by atoms with Gasteiger partial charge in [-0.25, -0.2) is 4.79 Å². The monoisotopic (exact) mass is 478 g/mol. The molecule has 1 fully saturated rings. The smallest absolute Gasteiger partial charge is 0.475 e. The number of carboxylic acids is 1. The fourth-order valence-electron chi connectivity index (χ4n) is 3.62. The van der Waals surface area contributed by atoms with E-state index in [-0.39, 0.29) is 30.2 Å². The van der Waals surface area contributed by atoms with Crippen LogP contribution in [0.3, 0.4) is 0 Å². The van der Waals surface area contributed by atoms with Crippen LogP contribution in [0.15, 0.2) is 42.5 Å². The van der Waals surface area contributed by atoms with Crippen LogP contribution in [0, 0.1) is 0 Å². The molecule has 2 aromatic rings. The maximum absolute atomic E-state index is 12.9. The highest BCUT2D eigenvalue weighted by molar-refractivity contribution is 6.30. The van der Waals surface area contributed by atoms with E-state index in [1.165, 1.54) is 0 Å². The number of halogens is 3. The highest BCUT2D eigenvalue weighted by Gasteiger charge is 2.38. The van der Waals surface area contributed by atoms with Crippen LogP contribution in [0.25, 0.3) is 0 Å². The highest BCUT2D eigenvalue weighted by atomic mass is 19.4. The Morgan fingerprint density at radius 3 is 2.24 bits per heavy atom. The molecule has 0 bridgehead atoms. The average molecular weight is 478 g/mol. The number of hydrogen-bond donors (Lipinski definition) is 3. The van der Waals surface area contributed by atoms with E-state index in [1.54, 1.807) is 42.5 Å². The third kappa shape index (κ3) is 5.60. The van der Waals surface area contributed by atoms with E-state index in [0.717, 1.165) is 19.4 Å². The van der Waals surface area contributed by atoms with E-state index in [0.29, 0.717) is 34.5 Å². The van der Waals surface area contributed by atoms with Gasteiger partial charge in [-0.15, -0.1) is 0 Å². The molecule has 1 atom stereocenters. The van der Waals surface area contributed by atoms with Crippen LogP contribution < -0.4 is 10.6 Å². The zero-order chi connectivity index (χ0) is 24.9. The van der Waals surface area contributed by atoms with Crippen LogP contribution in [0.2, 0.25) is 0 Å². The fraction of sp³-hybridized carbons (Fsp3) is 0.304. The molecule has 1 saturated heterocycles. The number of carbonyl (C=O) groups is 4. The van der Waals surface area contributed by atoms with Gasteiger partial charge in [0.05, 0.1) is 5.56 Å². The molecule has 0 radical (unpaired) electrons. The average Bonchev–Trinajstić information content (AvgIpc) is 3.35. The number of benzene rings is 2. The van der Waals surface area contributed by atoms with Gasteiger partial charge in [-0.1, -0.05) is 36.4 Å².